The summed E-state index contributed by atoms with van der Waals surface area (Å²) in [4.78, 5) is 24.8. The fraction of sp³-hybridized carbons (Fsp3) is 0.417. The predicted octanol–water partition coefficient (Wildman–Crippen LogP) is 2.92. The summed E-state index contributed by atoms with van der Waals surface area (Å²) >= 11 is 0. The van der Waals surface area contributed by atoms with Gasteiger partial charge < -0.3 is 29.4 Å². The second-order valence-electron chi connectivity index (χ2n) is 7.61. The van der Waals surface area contributed by atoms with E-state index in [1.807, 2.05) is 0 Å². The molecular weight excluding hydrogens is 414 g/mol. The van der Waals surface area contributed by atoms with Crippen LogP contribution in [0.15, 0.2) is 23.0 Å². The molecule has 0 unspecified atom stereocenters. The molecule has 32 heavy (non-hydrogen) atoms. The molecule has 2 N–H and O–H groups in total. The molecule has 1 amide bonds. The summed E-state index contributed by atoms with van der Waals surface area (Å²) in [5, 5.41) is 13.6. The van der Waals surface area contributed by atoms with Crippen LogP contribution in [-0.2, 0) is 11.2 Å². The van der Waals surface area contributed by atoms with E-state index in [1.54, 1.807) is 19.1 Å². The predicted molar refractivity (Wildman–Crippen MR) is 120 cm³/mol. The van der Waals surface area contributed by atoms with Gasteiger partial charge in [-0.15, -0.1) is 0 Å². The fourth-order valence-electron chi connectivity index (χ4n) is 4.47. The summed E-state index contributed by atoms with van der Waals surface area (Å²) in [7, 11) is 5.97. The molecule has 0 radical (unpaired) electrons. The van der Waals surface area contributed by atoms with E-state index in [4.69, 9.17) is 18.9 Å². The normalized spacial score (nSPS) is 15.5. The number of methoxy groups -OCH3 is 4. The van der Waals surface area contributed by atoms with Gasteiger partial charge in [-0.2, -0.15) is 0 Å². The third kappa shape index (κ3) is 3.98. The number of ether oxygens (including phenoxy) is 4. The molecule has 0 heterocycles. The molecule has 0 aromatic heterocycles. The minimum Gasteiger partial charge on any atom is -0.493 e. The van der Waals surface area contributed by atoms with E-state index in [0.717, 1.165) is 5.56 Å². The van der Waals surface area contributed by atoms with E-state index in [-0.39, 0.29) is 17.1 Å². The van der Waals surface area contributed by atoms with Crippen molar-refractivity contribution in [2.24, 2.45) is 0 Å². The third-order valence-electron chi connectivity index (χ3n) is 5.71. The molecule has 2 atom stereocenters. The Kier molecular flexibility index (Phi) is 6.93. The molecular formula is C24H29NO7. The van der Waals surface area contributed by atoms with Gasteiger partial charge in [0.1, 0.15) is 0 Å². The molecule has 0 saturated carbocycles. The van der Waals surface area contributed by atoms with Crippen LogP contribution in [0.4, 0.5) is 0 Å². The van der Waals surface area contributed by atoms with Crippen molar-refractivity contribution in [1.82, 2.24) is 5.32 Å². The van der Waals surface area contributed by atoms with E-state index < -0.39 is 12.1 Å². The first-order valence-corrected chi connectivity index (χ1v) is 10.3. The smallest absolute Gasteiger partial charge is 0.220 e. The van der Waals surface area contributed by atoms with Crippen LogP contribution < -0.4 is 29.7 Å². The van der Waals surface area contributed by atoms with E-state index >= 15 is 0 Å². The number of aliphatic hydroxyl groups is 1. The van der Waals surface area contributed by atoms with Gasteiger partial charge >= 0.3 is 0 Å². The number of carbonyl (C=O) groups excluding carboxylic acids is 1. The van der Waals surface area contributed by atoms with Crippen LogP contribution in [0.3, 0.4) is 0 Å². The molecule has 1 aliphatic rings. The SMILES string of the molecule is COc1c(OC)c2c(c([C@@H](C)O)c1OC)CC[C@H](NC(C)=O)c1cc(=O)c(OC)ccc1-2. The summed E-state index contributed by atoms with van der Waals surface area (Å²) in [6, 6.07) is 4.43. The van der Waals surface area contributed by atoms with Crippen molar-refractivity contribution in [2.45, 2.75) is 38.8 Å². The number of amides is 1. The van der Waals surface area contributed by atoms with Crippen molar-refractivity contribution < 1.29 is 28.8 Å². The Bertz CT molecular complexity index is 1090. The lowest BCUT2D eigenvalue weighted by Gasteiger charge is -2.24. The van der Waals surface area contributed by atoms with Crippen LogP contribution in [0.2, 0.25) is 0 Å². The minimum absolute atomic E-state index is 0.177. The number of nitrogens with one attached hydrogen (secondary N) is 1. The highest BCUT2D eigenvalue weighted by Crippen LogP contribution is 2.54. The van der Waals surface area contributed by atoms with Gasteiger partial charge in [0.05, 0.1) is 40.6 Å². The van der Waals surface area contributed by atoms with Crippen LogP contribution >= 0.6 is 0 Å². The molecule has 2 aromatic rings. The van der Waals surface area contributed by atoms with Crippen LogP contribution in [0, 0.1) is 0 Å². The Labute approximate surface area is 187 Å². The van der Waals surface area contributed by atoms with Crippen LogP contribution in [0.1, 0.15) is 49.1 Å². The molecule has 1 aliphatic carbocycles. The Morgan fingerprint density at radius 3 is 2.25 bits per heavy atom. The summed E-state index contributed by atoms with van der Waals surface area (Å²) < 4.78 is 22.3. The van der Waals surface area contributed by atoms with Gasteiger partial charge in [0, 0.05) is 18.1 Å². The Morgan fingerprint density at radius 2 is 1.72 bits per heavy atom. The molecule has 0 spiro atoms. The topological polar surface area (TPSA) is 103 Å². The van der Waals surface area contributed by atoms with Gasteiger partial charge in [-0.3, -0.25) is 9.59 Å². The van der Waals surface area contributed by atoms with Crippen LogP contribution in [0.25, 0.3) is 11.1 Å². The van der Waals surface area contributed by atoms with E-state index in [1.165, 1.54) is 41.4 Å². The largest absolute Gasteiger partial charge is 0.493 e. The van der Waals surface area contributed by atoms with Gasteiger partial charge in [-0.05, 0) is 48.6 Å². The van der Waals surface area contributed by atoms with E-state index in [0.29, 0.717) is 52.3 Å². The summed E-state index contributed by atoms with van der Waals surface area (Å²) in [6.45, 7) is 3.10. The molecule has 0 fully saturated rings. The number of benzene rings is 1. The number of aliphatic hydroxyl groups excluding tert-OH is 1. The highest BCUT2D eigenvalue weighted by molar-refractivity contribution is 5.85. The third-order valence-corrected chi connectivity index (χ3v) is 5.71. The Balaban J connectivity index is 2.53. The Hall–Kier alpha value is -3.26. The molecule has 0 bridgehead atoms. The standard InChI is InChI=1S/C24H29NO7/c1-12(26)20-15-7-9-17(25-13(2)27)16-11-18(28)19(29-3)10-8-14(16)21(15)23(31-5)24(32-6)22(20)30-4/h8,10-12,17,26H,7,9H2,1-6H3,(H,25,27)/t12-,17+/m1/s1. The number of carbonyl (C=O) groups is 1. The molecule has 172 valence electrons. The molecule has 2 aromatic carbocycles. The average Bonchev–Trinajstić information content (AvgIpc) is 3.00. The number of hydrogen-bond acceptors (Lipinski definition) is 7. The minimum atomic E-state index is -0.860. The van der Waals surface area contributed by atoms with Crippen molar-refractivity contribution in [3.8, 4) is 34.1 Å². The van der Waals surface area contributed by atoms with Crippen molar-refractivity contribution in [1.29, 1.82) is 0 Å². The maximum absolute atomic E-state index is 12.8. The first kappa shape index (κ1) is 23.4. The molecule has 8 nitrogen and oxygen atoms in total. The maximum atomic E-state index is 12.8. The first-order valence-electron chi connectivity index (χ1n) is 10.3. The zero-order valence-electron chi connectivity index (χ0n) is 19.2. The molecule has 3 rings (SSSR count). The molecule has 0 aliphatic heterocycles. The number of fused-ring (bicyclic) bond motifs is 3. The van der Waals surface area contributed by atoms with Crippen molar-refractivity contribution in [3.05, 3.63) is 45.1 Å². The van der Waals surface area contributed by atoms with Crippen molar-refractivity contribution >= 4 is 5.91 Å². The highest BCUT2D eigenvalue weighted by atomic mass is 16.5. The molecule has 8 heteroatoms. The lowest BCUT2D eigenvalue weighted by molar-refractivity contribution is -0.119. The van der Waals surface area contributed by atoms with E-state index in [2.05, 4.69) is 5.32 Å². The summed E-state index contributed by atoms with van der Waals surface area (Å²) in [6.07, 6.45) is 0.145. The van der Waals surface area contributed by atoms with Gasteiger partial charge in [0.25, 0.3) is 0 Å². The first-order chi connectivity index (χ1) is 15.3. The van der Waals surface area contributed by atoms with Gasteiger partial charge in [0.2, 0.25) is 17.1 Å². The van der Waals surface area contributed by atoms with E-state index in [9.17, 15) is 14.7 Å². The molecule has 0 saturated heterocycles. The lowest BCUT2D eigenvalue weighted by atomic mass is 9.89. The summed E-state index contributed by atoms with van der Waals surface area (Å²) in [5.41, 5.74) is 3.08. The number of rotatable bonds is 6. The van der Waals surface area contributed by atoms with Gasteiger partial charge in [-0.1, -0.05) is 6.07 Å². The van der Waals surface area contributed by atoms with Crippen molar-refractivity contribution in [2.75, 3.05) is 28.4 Å². The maximum Gasteiger partial charge on any atom is 0.220 e. The number of hydrogen-bond donors (Lipinski definition) is 2. The average molecular weight is 443 g/mol. The zero-order chi connectivity index (χ0) is 23.6. The zero-order valence-corrected chi connectivity index (χ0v) is 19.2. The second kappa shape index (κ2) is 9.48. The lowest BCUT2D eigenvalue weighted by Crippen LogP contribution is -2.26. The highest BCUT2D eigenvalue weighted by Gasteiger charge is 2.33. The van der Waals surface area contributed by atoms with Gasteiger partial charge in [0.15, 0.2) is 17.2 Å². The van der Waals surface area contributed by atoms with Gasteiger partial charge in [-0.25, -0.2) is 0 Å². The quantitative estimate of drug-likeness (QED) is 0.708. The Morgan fingerprint density at radius 1 is 1.06 bits per heavy atom. The van der Waals surface area contributed by atoms with Crippen molar-refractivity contribution in [3.63, 3.8) is 0 Å². The summed E-state index contributed by atoms with van der Waals surface area (Å²) in [5.74, 6) is 1.12. The fourth-order valence-corrected chi connectivity index (χ4v) is 4.47. The monoisotopic (exact) mass is 443 g/mol. The van der Waals surface area contributed by atoms with Crippen LogP contribution in [0.5, 0.6) is 23.0 Å². The second-order valence-corrected chi connectivity index (χ2v) is 7.61. The van der Waals surface area contributed by atoms with Crippen LogP contribution in [-0.4, -0.2) is 39.5 Å².